The fourth-order valence-corrected chi connectivity index (χ4v) is 5.70. The Morgan fingerprint density at radius 2 is 0.936 bits per heavy atom. The van der Waals surface area contributed by atoms with Gasteiger partial charge in [0.05, 0.1) is 38.4 Å². The van der Waals surface area contributed by atoms with Gasteiger partial charge in [0.25, 0.3) is 0 Å². The van der Waals surface area contributed by atoms with Crippen molar-refractivity contribution in [1.82, 2.24) is 0 Å². The van der Waals surface area contributed by atoms with Crippen LogP contribution in [0.1, 0.15) is 38.4 Å². The first-order chi connectivity index (χ1) is 35.0. The van der Waals surface area contributed by atoms with Crippen LogP contribution in [0.5, 0.6) is 0 Å². The summed E-state index contributed by atoms with van der Waals surface area (Å²) in [7, 11) is 0. The Kier molecular flexibility index (Phi) is 2.31. The van der Waals surface area contributed by atoms with Gasteiger partial charge in [-0.15, -0.1) is 0 Å². The van der Waals surface area contributed by atoms with Crippen molar-refractivity contribution in [2.24, 2.45) is 0 Å². The fourth-order valence-electron chi connectivity index (χ4n) is 5.70. The van der Waals surface area contributed by atoms with Crippen molar-refractivity contribution in [3.8, 4) is 33.4 Å². The first kappa shape index (κ1) is 10.7. The summed E-state index contributed by atoms with van der Waals surface area (Å²) in [6, 6.07) is -25.9. The normalized spacial score (nSPS) is 20.2. The van der Waals surface area contributed by atoms with Gasteiger partial charge in [-0.3, -0.25) is 0 Å². The average Bonchev–Trinajstić information content (AvgIpc) is 3.79. The molecular formula is C46H28O. The smallest absolute Gasteiger partial charge is 0.136 e. The fraction of sp³-hybridized carbons (Fsp3) is 0. The third kappa shape index (κ3) is 4.03. The standard InChI is InChI=1S/C46H28O/c1-2-11-30(12-3-1)45-36-15-4-6-17-38(36)46(39-18-7-5-16-37(39)45)40-19-10-13-29-21-22-32(26-41(29)40)31-23-24-33-28-44-42(27-34(33)25-31)35-14-8-9-20-43(35)47-44/h1-28H/i1D,2D,3D,4D,5D,6D,7D,8D,9D,10D,11D,12D,13D,14D,15D,16D,17D,18D,19D,20D,21D,22D,23D,24D,25D,26D,27D,28D. The Morgan fingerprint density at radius 3 is 1.68 bits per heavy atom. The van der Waals surface area contributed by atoms with Gasteiger partial charge in [0, 0.05) is 10.8 Å². The summed E-state index contributed by atoms with van der Waals surface area (Å²) in [5.74, 6) is 0. The van der Waals surface area contributed by atoms with Crippen LogP contribution in [-0.2, 0) is 0 Å². The van der Waals surface area contributed by atoms with Crippen LogP contribution in [0.4, 0.5) is 0 Å². The second-order valence-electron chi connectivity index (χ2n) is 10.3. The van der Waals surface area contributed by atoms with Gasteiger partial charge in [0.1, 0.15) is 11.2 Å². The number of rotatable bonds is 3. The van der Waals surface area contributed by atoms with Gasteiger partial charge in [-0.2, -0.15) is 0 Å². The van der Waals surface area contributed by atoms with Crippen molar-refractivity contribution < 1.29 is 42.8 Å². The van der Waals surface area contributed by atoms with Crippen LogP contribution in [0.15, 0.2) is 174 Å². The van der Waals surface area contributed by atoms with E-state index in [0.29, 0.717) is 0 Å². The lowest BCUT2D eigenvalue weighted by molar-refractivity contribution is 0.669. The summed E-state index contributed by atoms with van der Waals surface area (Å²) in [6.45, 7) is 0. The lowest BCUT2D eigenvalue weighted by Gasteiger charge is -2.19. The number of hydrogen-bond donors (Lipinski definition) is 0. The molecule has 0 aliphatic heterocycles. The Hall–Kier alpha value is -6.18. The van der Waals surface area contributed by atoms with Gasteiger partial charge in [-0.1, -0.05) is 139 Å². The van der Waals surface area contributed by atoms with E-state index in [1.54, 1.807) is 0 Å². The molecule has 0 saturated heterocycles. The first-order valence-corrected chi connectivity index (χ1v) is 13.9. The molecule has 0 aliphatic rings. The molecule has 0 bridgehead atoms. The molecule has 9 aromatic carbocycles. The Labute approximate surface area is 311 Å². The second-order valence-corrected chi connectivity index (χ2v) is 10.3. The molecule has 47 heavy (non-hydrogen) atoms. The van der Waals surface area contributed by atoms with Gasteiger partial charge in [0.15, 0.2) is 0 Å². The predicted octanol–water partition coefficient (Wildman–Crippen LogP) is 13.2. The van der Waals surface area contributed by atoms with Gasteiger partial charge in [-0.25, -0.2) is 0 Å². The zero-order valence-corrected chi connectivity index (χ0v) is 23.4. The minimum absolute atomic E-state index is 0.366. The van der Waals surface area contributed by atoms with Crippen LogP contribution in [0, 0.1) is 0 Å². The number of para-hydroxylation sites is 1. The number of furan rings is 1. The molecule has 1 aromatic heterocycles. The van der Waals surface area contributed by atoms with E-state index in [4.69, 9.17) is 26.3 Å². The highest BCUT2D eigenvalue weighted by Crippen LogP contribution is 2.45. The Bertz CT molecular complexity index is 4330. The SMILES string of the molecule is [2H]c1c([2H])c([2H])c(-c2c3c([2H])c([2H])c([2H])c([2H])c3c(-c3c([2H])c([2H])c([2H])c4c([2H])c([2H])c(-c5c([2H])c([2H])c6c([2H])c7oc8c([2H])c([2H])c([2H])c([2H])c8c7c([2H])c6c5[2H])c([2H])c34)c3c([2H])c([2H])c([2H])c([2H])c23)c([2H])c1[2H]. The molecule has 0 saturated carbocycles. The summed E-state index contributed by atoms with van der Waals surface area (Å²) in [5, 5.41) is -6.47. The van der Waals surface area contributed by atoms with Gasteiger partial charge in [-0.05, 0) is 107 Å². The zero-order valence-electron chi connectivity index (χ0n) is 51.4. The molecule has 10 aromatic rings. The van der Waals surface area contributed by atoms with Crippen LogP contribution in [0.2, 0.25) is 0 Å². The molecule has 0 spiro atoms. The van der Waals surface area contributed by atoms with E-state index in [1.165, 1.54) is 0 Å². The molecule has 0 radical (unpaired) electrons. The molecule has 0 atom stereocenters. The lowest BCUT2D eigenvalue weighted by Crippen LogP contribution is -1.91. The van der Waals surface area contributed by atoms with E-state index < -0.39 is 262 Å². The molecule has 0 amide bonds. The monoisotopic (exact) mass is 624 g/mol. The van der Waals surface area contributed by atoms with Crippen LogP contribution in [0.3, 0.4) is 0 Å². The summed E-state index contributed by atoms with van der Waals surface area (Å²) in [5.41, 5.74) is -5.73. The van der Waals surface area contributed by atoms with E-state index in [2.05, 4.69) is 0 Å². The van der Waals surface area contributed by atoms with Crippen molar-refractivity contribution >= 4 is 65.0 Å². The van der Waals surface area contributed by atoms with Crippen molar-refractivity contribution in [3.05, 3.63) is 169 Å². The molecule has 0 aliphatic carbocycles. The Morgan fingerprint density at radius 1 is 0.319 bits per heavy atom. The maximum absolute atomic E-state index is 9.95. The van der Waals surface area contributed by atoms with Gasteiger partial charge in [0.2, 0.25) is 0 Å². The zero-order chi connectivity index (χ0) is 55.3. The lowest BCUT2D eigenvalue weighted by atomic mass is 9.84. The minimum Gasteiger partial charge on any atom is -0.456 e. The quantitative estimate of drug-likeness (QED) is 0.178. The van der Waals surface area contributed by atoms with E-state index in [0.717, 1.165) is 0 Å². The van der Waals surface area contributed by atoms with E-state index in [1.807, 2.05) is 0 Å². The molecule has 0 fully saturated rings. The first-order valence-electron chi connectivity index (χ1n) is 27.9. The van der Waals surface area contributed by atoms with Gasteiger partial charge < -0.3 is 4.42 Å². The summed E-state index contributed by atoms with van der Waals surface area (Å²) in [6.07, 6.45) is 0. The summed E-state index contributed by atoms with van der Waals surface area (Å²) in [4.78, 5) is 0. The molecule has 1 heteroatoms. The maximum atomic E-state index is 9.95. The minimum atomic E-state index is -1.06. The van der Waals surface area contributed by atoms with E-state index in [-0.39, 0.29) is 5.39 Å². The maximum Gasteiger partial charge on any atom is 0.136 e. The number of fused-ring (bicyclic) bond motifs is 7. The van der Waals surface area contributed by atoms with Crippen molar-refractivity contribution in [2.45, 2.75) is 0 Å². The predicted molar refractivity (Wildman–Crippen MR) is 200 cm³/mol. The number of hydrogen-bond acceptors (Lipinski definition) is 1. The topological polar surface area (TPSA) is 13.1 Å². The third-order valence-corrected chi connectivity index (χ3v) is 7.70. The molecule has 0 N–H and O–H groups in total. The number of benzene rings is 9. The van der Waals surface area contributed by atoms with Crippen LogP contribution < -0.4 is 0 Å². The highest BCUT2D eigenvalue weighted by molar-refractivity contribution is 6.23. The van der Waals surface area contributed by atoms with Crippen molar-refractivity contribution in [2.75, 3.05) is 0 Å². The van der Waals surface area contributed by atoms with Crippen LogP contribution in [-0.4, -0.2) is 0 Å². The highest BCUT2D eigenvalue weighted by Gasteiger charge is 2.18. The molecule has 10 rings (SSSR count). The molecule has 218 valence electrons. The molecule has 1 nitrogen and oxygen atoms in total. The molecule has 1 heterocycles. The Balaban J connectivity index is 1.49. The largest absolute Gasteiger partial charge is 0.456 e. The molecular weight excluding hydrogens is 569 g/mol. The molecule has 0 unspecified atom stereocenters. The highest BCUT2D eigenvalue weighted by atomic mass is 16.3. The van der Waals surface area contributed by atoms with Gasteiger partial charge >= 0.3 is 0 Å². The summed E-state index contributed by atoms with van der Waals surface area (Å²) >= 11 is 0. The third-order valence-electron chi connectivity index (χ3n) is 7.70. The average molecular weight is 625 g/mol. The second kappa shape index (κ2) is 10.2. The van der Waals surface area contributed by atoms with E-state index in [9.17, 15) is 16.4 Å². The van der Waals surface area contributed by atoms with Crippen molar-refractivity contribution in [1.29, 1.82) is 0 Å². The van der Waals surface area contributed by atoms with Crippen LogP contribution in [0.25, 0.3) is 98.4 Å². The van der Waals surface area contributed by atoms with Crippen molar-refractivity contribution in [3.63, 3.8) is 0 Å². The summed E-state index contributed by atoms with van der Waals surface area (Å²) < 4.78 is 258. The van der Waals surface area contributed by atoms with E-state index >= 15 is 0 Å². The van der Waals surface area contributed by atoms with Crippen LogP contribution >= 0.6 is 0 Å².